The van der Waals surface area contributed by atoms with E-state index in [9.17, 15) is 14.4 Å². The first-order valence-electron chi connectivity index (χ1n) is 8.80. The number of anilines is 1. The lowest BCUT2D eigenvalue weighted by Gasteiger charge is -2.27. The molecule has 1 heterocycles. The monoisotopic (exact) mass is 412 g/mol. The van der Waals surface area contributed by atoms with Crippen molar-refractivity contribution >= 4 is 29.6 Å². The van der Waals surface area contributed by atoms with Gasteiger partial charge in [0.05, 0.1) is 34.1 Å². The summed E-state index contributed by atoms with van der Waals surface area (Å²) < 4.78 is 21.2. The average molecular weight is 412 g/mol. The molecule has 9 nitrogen and oxygen atoms in total. The van der Waals surface area contributed by atoms with Crippen LogP contribution in [-0.4, -0.2) is 46.3 Å². The van der Waals surface area contributed by atoms with E-state index in [-0.39, 0.29) is 17.0 Å². The lowest BCUT2D eigenvalue weighted by molar-refractivity contribution is -0.122. The van der Waals surface area contributed by atoms with Crippen LogP contribution in [0, 0.1) is 0 Å². The van der Waals surface area contributed by atoms with E-state index in [4.69, 9.17) is 18.9 Å². The number of amides is 4. The molecule has 0 aliphatic carbocycles. The van der Waals surface area contributed by atoms with Crippen LogP contribution in [0.15, 0.2) is 42.0 Å². The molecule has 156 valence electrons. The van der Waals surface area contributed by atoms with Crippen molar-refractivity contribution in [1.82, 2.24) is 5.32 Å². The van der Waals surface area contributed by atoms with Crippen LogP contribution in [-0.2, 0) is 9.59 Å². The first-order valence-corrected chi connectivity index (χ1v) is 8.80. The van der Waals surface area contributed by atoms with Crippen LogP contribution in [0.1, 0.15) is 5.56 Å². The number of carbonyl (C=O) groups excluding carboxylic acids is 3. The fraction of sp³-hybridized carbons (Fsp3) is 0.190. The van der Waals surface area contributed by atoms with Gasteiger partial charge in [-0.05, 0) is 30.3 Å². The molecule has 0 saturated carbocycles. The van der Waals surface area contributed by atoms with Gasteiger partial charge in [0.1, 0.15) is 11.3 Å². The number of nitrogens with one attached hydrogen (secondary N) is 1. The van der Waals surface area contributed by atoms with Gasteiger partial charge in [-0.15, -0.1) is 0 Å². The zero-order chi connectivity index (χ0) is 21.8. The molecule has 0 bridgehead atoms. The minimum absolute atomic E-state index is 0.208. The van der Waals surface area contributed by atoms with Gasteiger partial charge in [0, 0.05) is 5.56 Å². The van der Waals surface area contributed by atoms with Gasteiger partial charge in [-0.1, -0.05) is 12.1 Å². The van der Waals surface area contributed by atoms with Crippen molar-refractivity contribution in [3.05, 3.63) is 47.5 Å². The van der Waals surface area contributed by atoms with Crippen molar-refractivity contribution in [2.75, 3.05) is 33.3 Å². The van der Waals surface area contributed by atoms with Gasteiger partial charge in [-0.25, -0.2) is 9.69 Å². The Kier molecular flexibility index (Phi) is 5.91. The number of nitrogens with zero attached hydrogens (tertiary/aromatic N) is 1. The van der Waals surface area contributed by atoms with Gasteiger partial charge in [0.25, 0.3) is 11.8 Å². The van der Waals surface area contributed by atoms with Crippen molar-refractivity contribution in [3.8, 4) is 23.0 Å². The van der Waals surface area contributed by atoms with Crippen LogP contribution in [0.4, 0.5) is 10.5 Å². The highest BCUT2D eigenvalue weighted by Crippen LogP contribution is 2.41. The Hall–Kier alpha value is -4.01. The van der Waals surface area contributed by atoms with E-state index in [1.165, 1.54) is 34.5 Å². The first-order chi connectivity index (χ1) is 14.5. The molecule has 3 rings (SSSR count). The standard InChI is InChI=1S/C21H20N2O7/c1-27-15-8-6-5-7-14(15)23-20(25)13(19(24)22-21(23)26)11-12-9-10-16(28-2)18(30-4)17(12)29-3/h5-11H,1-4H3,(H,22,24,26). The third-order valence-electron chi connectivity index (χ3n) is 4.46. The van der Waals surface area contributed by atoms with E-state index in [0.717, 1.165) is 4.90 Å². The number of carbonyl (C=O) groups is 3. The topological polar surface area (TPSA) is 103 Å². The Morgan fingerprint density at radius 3 is 2.10 bits per heavy atom. The lowest BCUT2D eigenvalue weighted by atomic mass is 10.0. The Balaban J connectivity index is 2.12. The first kappa shape index (κ1) is 20.7. The van der Waals surface area contributed by atoms with Gasteiger partial charge in [-0.3, -0.25) is 14.9 Å². The number of hydrogen-bond acceptors (Lipinski definition) is 7. The summed E-state index contributed by atoms with van der Waals surface area (Å²) in [6, 6.07) is 8.85. The van der Waals surface area contributed by atoms with Crippen molar-refractivity contribution in [3.63, 3.8) is 0 Å². The van der Waals surface area contributed by atoms with E-state index in [0.29, 0.717) is 22.8 Å². The van der Waals surface area contributed by atoms with Gasteiger partial charge >= 0.3 is 6.03 Å². The smallest absolute Gasteiger partial charge is 0.336 e. The van der Waals surface area contributed by atoms with Crippen molar-refractivity contribution in [2.24, 2.45) is 0 Å². The van der Waals surface area contributed by atoms with Crippen molar-refractivity contribution < 1.29 is 33.3 Å². The van der Waals surface area contributed by atoms with Crippen LogP contribution in [0.3, 0.4) is 0 Å². The second-order valence-electron chi connectivity index (χ2n) is 6.05. The molecule has 0 atom stereocenters. The minimum atomic E-state index is -0.870. The molecule has 1 aliphatic rings. The number of urea groups is 1. The number of hydrogen-bond donors (Lipinski definition) is 1. The number of benzene rings is 2. The molecule has 2 aromatic rings. The third kappa shape index (κ3) is 3.52. The summed E-state index contributed by atoms with van der Waals surface area (Å²) in [5, 5.41) is 2.18. The number of methoxy groups -OCH3 is 4. The van der Waals surface area contributed by atoms with Crippen molar-refractivity contribution in [2.45, 2.75) is 0 Å². The second kappa shape index (κ2) is 8.56. The molecule has 0 radical (unpaired) electrons. The number of imide groups is 2. The zero-order valence-electron chi connectivity index (χ0n) is 16.8. The Morgan fingerprint density at radius 2 is 1.47 bits per heavy atom. The van der Waals surface area contributed by atoms with Gasteiger partial charge < -0.3 is 18.9 Å². The minimum Gasteiger partial charge on any atom is -0.495 e. The molecule has 4 amide bonds. The molecule has 0 spiro atoms. The molecule has 2 aromatic carbocycles. The van der Waals surface area contributed by atoms with E-state index in [1.807, 2.05) is 0 Å². The van der Waals surface area contributed by atoms with Gasteiger partial charge in [-0.2, -0.15) is 0 Å². The molecule has 1 aliphatic heterocycles. The van der Waals surface area contributed by atoms with Gasteiger partial charge in [0.2, 0.25) is 5.75 Å². The predicted octanol–water partition coefficient (Wildman–Crippen LogP) is 2.39. The number of rotatable bonds is 6. The molecule has 1 N–H and O–H groups in total. The summed E-state index contributed by atoms with van der Waals surface area (Å²) in [6.07, 6.45) is 1.33. The Morgan fingerprint density at radius 1 is 0.800 bits per heavy atom. The molecule has 1 saturated heterocycles. The quantitative estimate of drug-likeness (QED) is 0.574. The van der Waals surface area contributed by atoms with Crippen LogP contribution >= 0.6 is 0 Å². The maximum atomic E-state index is 13.1. The molecule has 0 aromatic heterocycles. The highest BCUT2D eigenvalue weighted by molar-refractivity contribution is 6.39. The second-order valence-corrected chi connectivity index (χ2v) is 6.05. The fourth-order valence-corrected chi connectivity index (χ4v) is 3.08. The number of ether oxygens (including phenoxy) is 4. The van der Waals surface area contributed by atoms with E-state index in [2.05, 4.69) is 5.32 Å². The highest BCUT2D eigenvalue weighted by atomic mass is 16.5. The highest BCUT2D eigenvalue weighted by Gasteiger charge is 2.38. The summed E-state index contributed by atoms with van der Waals surface area (Å²) in [5.41, 5.74) is 0.342. The fourth-order valence-electron chi connectivity index (χ4n) is 3.08. The molecular formula is C21H20N2O7. The summed E-state index contributed by atoms with van der Waals surface area (Å²) in [6.45, 7) is 0. The van der Waals surface area contributed by atoms with Crippen LogP contribution < -0.4 is 29.2 Å². The molecule has 0 unspecified atom stereocenters. The van der Waals surface area contributed by atoms with Crippen LogP contribution in [0.5, 0.6) is 23.0 Å². The van der Waals surface area contributed by atoms with E-state index < -0.39 is 17.8 Å². The molecule has 30 heavy (non-hydrogen) atoms. The Labute approximate surface area is 172 Å². The predicted molar refractivity (Wildman–Crippen MR) is 108 cm³/mol. The van der Waals surface area contributed by atoms with Gasteiger partial charge in [0.15, 0.2) is 11.5 Å². The van der Waals surface area contributed by atoms with Crippen LogP contribution in [0.2, 0.25) is 0 Å². The number of para-hydroxylation sites is 2. The maximum Gasteiger partial charge on any atom is 0.336 e. The summed E-state index contributed by atoms with van der Waals surface area (Å²) >= 11 is 0. The molecule has 9 heteroatoms. The van der Waals surface area contributed by atoms with Crippen LogP contribution in [0.25, 0.3) is 6.08 Å². The lowest BCUT2D eigenvalue weighted by Crippen LogP contribution is -2.54. The third-order valence-corrected chi connectivity index (χ3v) is 4.46. The average Bonchev–Trinajstić information content (AvgIpc) is 2.76. The summed E-state index contributed by atoms with van der Waals surface area (Å²) in [4.78, 5) is 38.8. The zero-order valence-corrected chi connectivity index (χ0v) is 16.8. The largest absolute Gasteiger partial charge is 0.495 e. The normalized spacial score (nSPS) is 15.1. The van der Waals surface area contributed by atoms with Crippen molar-refractivity contribution in [1.29, 1.82) is 0 Å². The number of barbiturate groups is 1. The summed E-state index contributed by atoms with van der Waals surface area (Å²) in [7, 11) is 5.76. The van der Waals surface area contributed by atoms with E-state index >= 15 is 0 Å². The summed E-state index contributed by atoms with van der Waals surface area (Å²) in [5.74, 6) is -0.334. The molecular weight excluding hydrogens is 392 g/mol. The SMILES string of the molecule is COc1ccccc1N1C(=O)NC(=O)C(=Cc2ccc(OC)c(OC)c2OC)C1=O. The molecule has 1 fully saturated rings. The van der Waals surface area contributed by atoms with E-state index in [1.54, 1.807) is 36.4 Å². The maximum absolute atomic E-state index is 13.1. The Bertz CT molecular complexity index is 1050.